The standard InChI is InChI=1S/C22H18FN5O/c1-15-20(13-27-28(15)19-5-3-2-4-6-19)22(29)24-12-18-11-21(26-14-25-18)16-7-9-17(23)10-8-16/h2-11,13-14H,12H2,1H3,(H,24,29). The topological polar surface area (TPSA) is 72.7 Å². The molecule has 0 fully saturated rings. The molecule has 0 saturated heterocycles. The average Bonchev–Trinajstić information content (AvgIpc) is 3.15. The Kier molecular flexibility index (Phi) is 5.11. The van der Waals surface area contributed by atoms with E-state index in [2.05, 4.69) is 20.4 Å². The van der Waals surface area contributed by atoms with Crippen LogP contribution in [0.5, 0.6) is 0 Å². The maximum Gasteiger partial charge on any atom is 0.255 e. The van der Waals surface area contributed by atoms with Crippen molar-refractivity contribution in [3.05, 3.63) is 96.0 Å². The number of carbonyl (C=O) groups is 1. The third-order valence-electron chi connectivity index (χ3n) is 4.55. The Morgan fingerprint density at radius 3 is 2.59 bits per heavy atom. The number of amides is 1. The molecule has 6 nitrogen and oxygen atoms in total. The number of hydrogen-bond acceptors (Lipinski definition) is 4. The van der Waals surface area contributed by atoms with E-state index in [1.54, 1.807) is 29.1 Å². The van der Waals surface area contributed by atoms with Gasteiger partial charge < -0.3 is 5.32 Å². The van der Waals surface area contributed by atoms with Crippen LogP contribution in [0, 0.1) is 12.7 Å². The molecule has 4 aromatic rings. The summed E-state index contributed by atoms with van der Waals surface area (Å²) in [4.78, 5) is 21.0. The Balaban J connectivity index is 1.47. The molecule has 0 spiro atoms. The molecule has 0 atom stereocenters. The van der Waals surface area contributed by atoms with Crippen molar-refractivity contribution in [2.75, 3.05) is 0 Å². The van der Waals surface area contributed by atoms with E-state index in [-0.39, 0.29) is 18.3 Å². The number of aromatic nitrogens is 4. The highest BCUT2D eigenvalue weighted by atomic mass is 19.1. The third-order valence-corrected chi connectivity index (χ3v) is 4.55. The van der Waals surface area contributed by atoms with E-state index < -0.39 is 0 Å². The van der Waals surface area contributed by atoms with Gasteiger partial charge in [0.05, 0.1) is 41.1 Å². The van der Waals surface area contributed by atoms with Gasteiger partial charge in [-0.3, -0.25) is 4.79 Å². The summed E-state index contributed by atoms with van der Waals surface area (Å²) < 4.78 is 14.8. The van der Waals surface area contributed by atoms with Crippen LogP contribution in [0.1, 0.15) is 21.7 Å². The Hall–Kier alpha value is -3.87. The average molecular weight is 387 g/mol. The lowest BCUT2D eigenvalue weighted by Gasteiger charge is -2.07. The Bertz CT molecular complexity index is 1140. The number of halogens is 1. The van der Waals surface area contributed by atoms with Crippen LogP contribution in [-0.2, 0) is 6.54 Å². The molecule has 0 aliphatic rings. The van der Waals surface area contributed by atoms with Crippen LogP contribution >= 0.6 is 0 Å². The summed E-state index contributed by atoms with van der Waals surface area (Å²) in [6, 6.07) is 17.5. The molecule has 0 bridgehead atoms. The summed E-state index contributed by atoms with van der Waals surface area (Å²) in [7, 11) is 0. The Labute approximate surface area is 167 Å². The molecule has 4 rings (SSSR count). The first-order chi connectivity index (χ1) is 14.1. The second kappa shape index (κ2) is 8.02. The molecule has 0 aliphatic heterocycles. The maximum atomic E-state index is 13.1. The molecule has 0 aliphatic carbocycles. The first-order valence-electron chi connectivity index (χ1n) is 9.07. The molecule has 1 N–H and O–H groups in total. The van der Waals surface area contributed by atoms with Crippen LogP contribution < -0.4 is 5.32 Å². The van der Waals surface area contributed by atoms with Crippen molar-refractivity contribution < 1.29 is 9.18 Å². The summed E-state index contributed by atoms with van der Waals surface area (Å²) >= 11 is 0. The molecule has 0 unspecified atom stereocenters. The van der Waals surface area contributed by atoms with Crippen molar-refractivity contribution in [2.24, 2.45) is 0 Å². The summed E-state index contributed by atoms with van der Waals surface area (Å²) in [5, 5.41) is 7.19. The highest BCUT2D eigenvalue weighted by Crippen LogP contribution is 2.18. The van der Waals surface area contributed by atoms with Gasteiger partial charge in [-0.1, -0.05) is 18.2 Å². The maximum absolute atomic E-state index is 13.1. The number of rotatable bonds is 5. The van der Waals surface area contributed by atoms with Crippen molar-refractivity contribution in [1.82, 2.24) is 25.1 Å². The highest BCUT2D eigenvalue weighted by molar-refractivity contribution is 5.95. The number of nitrogens with one attached hydrogen (secondary N) is 1. The lowest BCUT2D eigenvalue weighted by molar-refractivity contribution is 0.0949. The van der Waals surface area contributed by atoms with Gasteiger partial charge in [-0.25, -0.2) is 19.0 Å². The fourth-order valence-electron chi connectivity index (χ4n) is 3.00. The van der Waals surface area contributed by atoms with Crippen LogP contribution in [0.25, 0.3) is 16.9 Å². The van der Waals surface area contributed by atoms with E-state index >= 15 is 0 Å². The second-order valence-electron chi connectivity index (χ2n) is 6.48. The molecule has 7 heteroatoms. The number of hydrogen-bond donors (Lipinski definition) is 1. The highest BCUT2D eigenvalue weighted by Gasteiger charge is 2.15. The van der Waals surface area contributed by atoms with Crippen LogP contribution in [0.3, 0.4) is 0 Å². The molecule has 1 amide bonds. The zero-order valence-electron chi connectivity index (χ0n) is 15.7. The van der Waals surface area contributed by atoms with Gasteiger partial charge in [-0.15, -0.1) is 0 Å². The molecule has 0 radical (unpaired) electrons. The predicted octanol–water partition coefficient (Wildman–Crippen LogP) is 3.71. The van der Waals surface area contributed by atoms with E-state index in [1.807, 2.05) is 37.3 Å². The fourth-order valence-corrected chi connectivity index (χ4v) is 3.00. The van der Waals surface area contributed by atoms with E-state index in [9.17, 15) is 9.18 Å². The number of benzene rings is 2. The lowest BCUT2D eigenvalue weighted by atomic mass is 10.1. The van der Waals surface area contributed by atoms with E-state index in [1.165, 1.54) is 18.5 Å². The van der Waals surface area contributed by atoms with Gasteiger partial charge in [0.2, 0.25) is 0 Å². The van der Waals surface area contributed by atoms with Crippen molar-refractivity contribution >= 4 is 5.91 Å². The van der Waals surface area contributed by atoms with Gasteiger partial charge in [0.15, 0.2) is 0 Å². The van der Waals surface area contributed by atoms with Gasteiger partial charge >= 0.3 is 0 Å². The van der Waals surface area contributed by atoms with Gasteiger partial charge in [0, 0.05) is 5.56 Å². The zero-order valence-corrected chi connectivity index (χ0v) is 15.7. The van der Waals surface area contributed by atoms with Crippen molar-refractivity contribution in [1.29, 1.82) is 0 Å². The largest absolute Gasteiger partial charge is 0.346 e. The van der Waals surface area contributed by atoms with Crippen LogP contribution in [-0.4, -0.2) is 25.7 Å². The van der Waals surface area contributed by atoms with Crippen LogP contribution in [0.15, 0.2) is 73.2 Å². The van der Waals surface area contributed by atoms with Crippen LogP contribution in [0.4, 0.5) is 4.39 Å². The van der Waals surface area contributed by atoms with Gasteiger partial charge in [0.1, 0.15) is 12.1 Å². The van der Waals surface area contributed by atoms with Gasteiger partial charge in [-0.05, 0) is 49.4 Å². The third kappa shape index (κ3) is 4.03. The summed E-state index contributed by atoms with van der Waals surface area (Å²) in [5.41, 5.74) is 4.24. The molecule has 29 heavy (non-hydrogen) atoms. The Morgan fingerprint density at radius 2 is 1.83 bits per heavy atom. The minimum absolute atomic E-state index is 0.230. The fraction of sp³-hybridized carbons (Fsp3) is 0.0909. The Morgan fingerprint density at radius 1 is 1.07 bits per heavy atom. The van der Waals surface area contributed by atoms with Crippen molar-refractivity contribution in [3.8, 4) is 16.9 Å². The first-order valence-corrected chi connectivity index (χ1v) is 9.07. The number of para-hydroxylation sites is 1. The van der Waals surface area contributed by atoms with E-state index in [0.29, 0.717) is 17.0 Å². The van der Waals surface area contributed by atoms with Gasteiger partial charge in [-0.2, -0.15) is 5.10 Å². The summed E-state index contributed by atoms with van der Waals surface area (Å²) in [6.07, 6.45) is 2.99. The normalized spacial score (nSPS) is 10.7. The molecule has 144 valence electrons. The minimum Gasteiger partial charge on any atom is -0.346 e. The minimum atomic E-state index is -0.304. The zero-order chi connectivity index (χ0) is 20.2. The molecule has 2 aromatic carbocycles. The second-order valence-corrected chi connectivity index (χ2v) is 6.48. The molecular weight excluding hydrogens is 369 g/mol. The molecular formula is C22H18FN5O. The quantitative estimate of drug-likeness (QED) is 0.567. The van der Waals surface area contributed by atoms with Crippen molar-refractivity contribution in [3.63, 3.8) is 0 Å². The number of carbonyl (C=O) groups excluding carboxylic acids is 1. The first kappa shape index (κ1) is 18.5. The van der Waals surface area contributed by atoms with E-state index in [4.69, 9.17) is 0 Å². The molecule has 2 aromatic heterocycles. The van der Waals surface area contributed by atoms with Gasteiger partial charge in [0.25, 0.3) is 5.91 Å². The molecule has 2 heterocycles. The molecule has 0 saturated carbocycles. The predicted molar refractivity (Wildman–Crippen MR) is 107 cm³/mol. The summed E-state index contributed by atoms with van der Waals surface area (Å²) in [5.74, 6) is -0.534. The van der Waals surface area contributed by atoms with Crippen LogP contribution in [0.2, 0.25) is 0 Å². The smallest absolute Gasteiger partial charge is 0.255 e. The summed E-state index contributed by atoms with van der Waals surface area (Å²) in [6.45, 7) is 2.09. The monoisotopic (exact) mass is 387 g/mol. The SMILES string of the molecule is Cc1c(C(=O)NCc2cc(-c3ccc(F)cc3)ncn2)cnn1-c1ccccc1. The van der Waals surface area contributed by atoms with Crippen molar-refractivity contribution in [2.45, 2.75) is 13.5 Å². The van der Waals surface area contributed by atoms with E-state index in [0.717, 1.165) is 16.9 Å². The lowest BCUT2D eigenvalue weighted by Crippen LogP contribution is -2.24. The number of nitrogens with zero attached hydrogens (tertiary/aromatic N) is 4.